The summed E-state index contributed by atoms with van der Waals surface area (Å²) in [7, 11) is 3.99. The molecule has 0 aliphatic rings. The third-order valence-corrected chi connectivity index (χ3v) is 7.84. The Bertz CT molecular complexity index is 1460. The summed E-state index contributed by atoms with van der Waals surface area (Å²) in [5.74, 6) is -0.529. The van der Waals surface area contributed by atoms with E-state index in [1.165, 1.54) is 0 Å². The van der Waals surface area contributed by atoms with E-state index in [1.807, 2.05) is 84.3 Å². The average molecular weight is 542 g/mol. The summed E-state index contributed by atoms with van der Waals surface area (Å²) in [5.41, 5.74) is 6.11. The summed E-state index contributed by atoms with van der Waals surface area (Å²) in [6, 6.07) is 26.1. The van der Waals surface area contributed by atoms with Gasteiger partial charge >= 0.3 is 0 Å². The van der Waals surface area contributed by atoms with Crippen LogP contribution in [0.2, 0.25) is 0 Å². The van der Waals surface area contributed by atoms with Crippen LogP contribution in [0.3, 0.4) is 0 Å². The summed E-state index contributed by atoms with van der Waals surface area (Å²) in [6.45, 7) is 8.95. The van der Waals surface area contributed by atoms with Crippen molar-refractivity contribution in [2.45, 2.75) is 51.3 Å². The van der Waals surface area contributed by atoms with Gasteiger partial charge < -0.3 is 14.8 Å². The van der Waals surface area contributed by atoms with Crippen LogP contribution in [0.25, 0.3) is 21.9 Å². The Morgan fingerprint density at radius 3 is 2.03 bits per heavy atom. The van der Waals surface area contributed by atoms with Crippen LogP contribution in [-0.4, -0.2) is 33.7 Å². The number of carbonyl (C=O) groups is 1. The van der Waals surface area contributed by atoms with Gasteiger partial charge in [0, 0.05) is 12.2 Å². The van der Waals surface area contributed by atoms with Gasteiger partial charge in [-0.05, 0) is 93.3 Å². The monoisotopic (exact) mass is 541 g/mol. The second-order valence-corrected chi connectivity index (χ2v) is 12.0. The summed E-state index contributed by atoms with van der Waals surface area (Å²) < 4.78 is 25.4. The fourth-order valence-electron chi connectivity index (χ4n) is 5.17. The van der Waals surface area contributed by atoms with E-state index in [4.69, 9.17) is 0 Å². The van der Waals surface area contributed by atoms with Crippen LogP contribution in [0.4, 0.5) is 5.69 Å². The topological polar surface area (TPSA) is 72.5 Å². The maximum atomic E-state index is 13.6. The fraction of sp³-hybridized carbons (Fsp3) is 0.303. The molecule has 204 valence electrons. The maximum absolute atomic E-state index is 13.6. The molecule has 2 atom stereocenters. The van der Waals surface area contributed by atoms with E-state index in [2.05, 4.69) is 46.6 Å². The normalized spacial score (nSPS) is 13.3. The molecule has 0 saturated carbocycles. The molecule has 4 aromatic rings. The second-order valence-electron chi connectivity index (χ2n) is 11.0. The first-order valence-corrected chi connectivity index (χ1v) is 14.5. The van der Waals surface area contributed by atoms with Gasteiger partial charge in [-0.3, -0.25) is 9.00 Å². The Hall–Kier alpha value is -3.32. The average Bonchev–Trinajstić information content (AvgIpc) is 2.88. The Morgan fingerprint density at radius 2 is 1.46 bits per heavy atom. The van der Waals surface area contributed by atoms with E-state index < -0.39 is 22.2 Å². The van der Waals surface area contributed by atoms with Crippen LogP contribution in [0.1, 0.15) is 67.0 Å². The van der Waals surface area contributed by atoms with E-state index >= 15 is 0 Å². The minimum absolute atomic E-state index is 0.0107. The number of hydrogen-bond donors (Lipinski definition) is 1. The molecule has 0 spiro atoms. The van der Waals surface area contributed by atoms with Crippen LogP contribution in [0.15, 0.2) is 78.9 Å². The number of rotatable bonds is 9. The molecule has 0 bridgehead atoms. The van der Waals surface area contributed by atoms with Crippen molar-refractivity contribution in [2.75, 3.05) is 19.4 Å². The first kappa shape index (κ1) is 28.7. The standard InChI is InChI=1S/C33H38N2O3S/c1-21(2)29-18-25(28-13-9-11-24-10-7-8-12-27(24)28)19-30(22(3)4)31(29)32(39(37)38)33(36)34-26-16-14-23(15-17-26)20-35(5)6/h7-19,21-22,32H,20H2,1-6H3,(H,34,36)(H,37,38)/p-1. The molecule has 4 aromatic carbocycles. The molecule has 6 heteroatoms. The molecule has 4 rings (SSSR count). The van der Waals surface area contributed by atoms with Gasteiger partial charge in [-0.2, -0.15) is 0 Å². The first-order valence-electron chi connectivity index (χ1n) is 13.3. The predicted octanol–water partition coefficient (Wildman–Crippen LogP) is 7.37. The summed E-state index contributed by atoms with van der Waals surface area (Å²) in [4.78, 5) is 15.6. The third-order valence-electron chi connectivity index (χ3n) is 7.00. The largest absolute Gasteiger partial charge is 0.771 e. The molecule has 0 fully saturated rings. The molecule has 0 aliphatic carbocycles. The molecule has 39 heavy (non-hydrogen) atoms. The molecule has 0 radical (unpaired) electrons. The molecule has 0 aliphatic heterocycles. The van der Waals surface area contributed by atoms with E-state index in [0.717, 1.165) is 45.1 Å². The van der Waals surface area contributed by atoms with E-state index in [0.29, 0.717) is 11.3 Å². The highest BCUT2D eigenvalue weighted by molar-refractivity contribution is 7.80. The van der Waals surface area contributed by atoms with E-state index in [1.54, 1.807) is 0 Å². The molecular weight excluding hydrogens is 504 g/mol. The summed E-state index contributed by atoms with van der Waals surface area (Å²) in [5, 5.41) is 3.81. The Kier molecular flexibility index (Phi) is 9.01. The van der Waals surface area contributed by atoms with Gasteiger partial charge in [0.15, 0.2) is 0 Å². The van der Waals surface area contributed by atoms with Crippen molar-refractivity contribution in [1.82, 2.24) is 4.90 Å². The summed E-state index contributed by atoms with van der Waals surface area (Å²) >= 11 is -2.67. The van der Waals surface area contributed by atoms with Crippen molar-refractivity contribution < 1.29 is 13.6 Å². The molecule has 0 aromatic heterocycles. The van der Waals surface area contributed by atoms with Crippen LogP contribution in [0.5, 0.6) is 0 Å². The highest BCUT2D eigenvalue weighted by Gasteiger charge is 2.30. The van der Waals surface area contributed by atoms with Gasteiger partial charge in [0.05, 0.1) is 0 Å². The number of amides is 1. The quantitative estimate of drug-likeness (QED) is 0.225. The number of hydrogen-bond acceptors (Lipinski definition) is 4. The van der Waals surface area contributed by atoms with Gasteiger partial charge in [0.25, 0.3) is 0 Å². The molecule has 1 N–H and O–H groups in total. The summed E-state index contributed by atoms with van der Waals surface area (Å²) in [6.07, 6.45) is 0. The zero-order valence-corrected chi connectivity index (χ0v) is 24.3. The smallest absolute Gasteiger partial charge is 0.243 e. The van der Waals surface area contributed by atoms with Crippen LogP contribution >= 0.6 is 0 Å². The SMILES string of the molecule is CC(C)c1cc(-c2cccc3ccccc23)cc(C(C)C)c1C(C(=O)Nc1ccc(CN(C)C)cc1)S(=O)[O-]. The lowest BCUT2D eigenvalue weighted by Gasteiger charge is -2.29. The lowest BCUT2D eigenvalue weighted by molar-refractivity contribution is -0.116. The lowest BCUT2D eigenvalue weighted by Crippen LogP contribution is -2.27. The Balaban J connectivity index is 1.81. The van der Waals surface area contributed by atoms with Crippen molar-refractivity contribution >= 4 is 33.4 Å². The molecule has 5 nitrogen and oxygen atoms in total. The molecule has 0 saturated heterocycles. The van der Waals surface area contributed by atoms with E-state index in [9.17, 15) is 13.6 Å². The zero-order valence-electron chi connectivity index (χ0n) is 23.5. The van der Waals surface area contributed by atoms with Gasteiger partial charge in [-0.1, -0.05) is 94.4 Å². The van der Waals surface area contributed by atoms with Crippen molar-refractivity contribution in [3.63, 3.8) is 0 Å². The second kappa shape index (κ2) is 12.2. The predicted molar refractivity (Wildman–Crippen MR) is 162 cm³/mol. The minimum atomic E-state index is -2.67. The molecule has 0 heterocycles. The minimum Gasteiger partial charge on any atom is -0.771 e. The Labute approximate surface area is 234 Å². The highest BCUT2D eigenvalue weighted by atomic mass is 32.2. The molecule has 1 amide bonds. The zero-order chi connectivity index (χ0) is 28.3. The number of benzene rings is 4. The van der Waals surface area contributed by atoms with Crippen LogP contribution < -0.4 is 5.32 Å². The molecule has 2 unspecified atom stereocenters. The first-order chi connectivity index (χ1) is 18.6. The van der Waals surface area contributed by atoms with Crippen molar-refractivity contribution in [1.29, 1.82) is 0 Å². The third kappa shape index (κ3) is 6.47. The fourth-order valence-corrected chi connectivity index (χ4v) is 5.87. The number of nitrogens with one attached hydrogen (secondary N) is 1. The van der Waals surface area contributed by atoms with Crippen LogP contribution in [-0.2, 0) is 22.4 Å². The molecular formula is C33H37N2O3S-. The van der Waals surface area contributed by atoms with Gasteiger partial charge in [-0.25, -0.2) is 0 Å². The number of anilines is 1. The lowest BCUT2D eigenvalue weighted by atomic mass is 9.83. The maximum Gasteiger partial charge on any atom is 0.243 e. The number of fused-ring (bicyclic) bond motifs is 1. The van der Waals surface area contributed by atoms with Gasteiger partial charge in [-0.15, -0.1) is 0 Å². The van der Waals surface area contributed by atoms with E-state index in [-0.39, 0.29) is 11.8 Å². The van der Waals surface area contributed by atoms with Crippen molar-refractivity contribution in [3.8, 4) is 11.1 Å². The van der Waals surface area contributed by atoms with Crippen molar-refractivity contribution in [2.24, 2.45) is 0 Å². The number of nitrogens with zero attached hydrogens (tertiary/aromatic N) is 1. The van der Waals surface area contributed by atoms with Crippen molar-refractivity contribution in [3.05, 3.63) is 101 Å². The highest BCUT2D eigenvalue weighted by Crippen LogP contribution is 2.40. The number of carbonyl (C=O) groups excluding carboxylic acids is 1. The van der Waals surface area contributed by atoms with Gasteiger partial charge in [0.2, 0.25) is 5.91 Å². The Morgan fingerprint density at radius 1 is 0.872 bits per heavy atom. The van der Waals surface area contributed by atoms with Crippen LogP contribution in [0, 0.1) is 0 Å². The van der Waals surface area contributed by atoms with Gasteiger partial charge in [0.1, 0.15) is 5.25 Å².